The Bertz CT molecular complexity index is 804. The topological polar surface area (TPSA) is 116 Å². The first kappa shape index (κ1) is 19.1. The van der Waals surface area contributed by atoms with Crippen LogP contribution in [-0.2, 0) is 10.3 Å². The molecule has 0 radical (unpaired) electrons. The fraction of sp³-hybridized carbons (Fsp3) is 0.429. The molecule has 2 rings (SSSR count). The highest BCUT2D eigenvalue weighted by molar-refractivity contribution is 8.00. The van der Waals surface area contributed by atoms with E-state index in [2.05, 4.69) is 20.8 Å². The van der Waals surface area contributed by atoms with Crippen molar-refractivity contribution in [2.45, 2.75) is 43.6 Å². The van der Waals surface area contributed by atoms with Crippen molar-refractivity contribution in [3.05, 3.63) is 33.3 Å². The lowest BCUT2D eigenvalue weighted by Gasteiger charge is -2.20. The third-order valence-electron chi connectivity index (χ3n) is 3.15. The average molecular weight is 385 g/mol. The number of halogens is 1. The van der Waals surface area contributed by atoms with E-state index in [1.54, 1.807) is 11.6 Å². The normalized spacial score (nSPS) is 12.7. The molecular formula is C14H17ClN6O3S. The fourth-order valence-corrected chi connectivity index (χ4v) is 3.04. The van der Waals surface area contributed by atoms with E-state index in [1.165, 1.54) is 30.0 Å². The van der Waals surface area contributed by atoms with Gasteiger partial charge in [0.15, 0.2) is 0 Å². The van der Waals surface area contributed by atoms with Crippen LogP contribution in [0.25, 0.3) is 0 Å². The number of non-ortho nitro benzene ring substituents is 1. The second kappa shape index (κ2) is 7.36. The minimum absolute atomic E-state index is 0.0966. The van der Waals surface area contributed by atoms with E-state index in [0.717, 1.165) is 0 Å². The second-order valence-corrected chi connectivity index (χ2v) is 7.93. The molecule has 1 aromatic carbocycles. The lowest BCUT2D eigenvalue weighted by atomic mass is 10.1. The number of carbonyl (C=O) groups is 1. The molecule has 134 valence electrons. The number of amides is 1. The zero-order valence-electron chi connectivity index (χ0n) is 14.1. The van der Waals surface area contributed by atoms with Gasteiger partial charge in [0.05, 0.1) is 26.4 Å². The molecule has 2 aromatic rings. The Balaban J connectivity index is 2.09. The number of hydrogen-bond acceptors (Lipinski definition) is 7. The third kappa shape index (κ3) is 4.67. The highest BCUT2D eigenvalue weighted by Gasteiger charge is 2.24. The number of aromatic nitrogens is 4. The monoisotopic (exact) mass is 384 g/mol. The molecule has 1 heterocycles. The summed E-state index contributed by atoms with van der Waals surface area (Å²) in [5, 5.41) is 25.0. The highest BCUT2D eigenvalue weighted by Crippen LogP contribution is 2.29. The van der Waals surface area contributed by atoms with E-state index >= 15 is 0 Å². The number of benzene rings is 1. The van der Waals surface area contributed by atoms with Crippen molar-refractivity contribution in [2.24, 2.45) is 0 Å². The van der Waals surface area contributed by atoms with Gasteiger partial charge in [-0.1, -0.05) is 23.4 Å². The largest absolute Gasteiger partial charge is 0.324 e. The Kier molecular flexibility index (Phi) is 5.63. The summed E-state index contributed by atoms with van der Waals surface area (Å²) in [5.74, 6) is -0.316. The molecule has 1 N–H and O–H groups in total. The standard InChI is InChI=1S/C14H17ClN6O3S/c1-8(25-13-17-18-19-20(13)14(2,3)4)12(22)16-11-6-5-9(21(23)24)7-10(11)15/h5-8H,1-4H3,(H,16,22). The maximum atomic E-state index is 12.4. The summed E-state index contributed by atoms with van der Waals surface area (Å²) in [6.45, 7) is 7.57. The second-order valence-electron chi connectivity index (χ2n) is 6.21. The van der Waals surface area contributed by atoms with Gasteiger partial charge in [0.25, 0.3) is 5.69 Å². The third-order valence-corrected chi connectivity index (χ3v) is 4.49. The zero-order chi connectivity index (χ0) is 18.8. The molecule has 25 heavy (non-hydrogen) atoms. The molecule has 0 aliphatic heterocycles. The van der Waals surface area contributed by atoms with Crippen LogP contribution in [0, 0.1) is 10.1 Å². The number of nitrogens with one attached hydrogen (secondary N) is 1. The van der Waals surface area contributed by atoms with Crippen molar-refractivity contribution in [1.29, 1.82) is 0 Å². The van der Waals surface area contributed by atoms with Gasteiger partial charge in [-0.2, -0.15) is 0 Å². The van der Waals surface area contributed by atoms with E-state index in [9.17, 15) is 14.9 Å². The van der Waals surface area contributed by atoms with E-state index in [4.69, 9.17) is 11.6 Å². The van der Waals surface area contributed by atoms with Crippen LogP contribution in [0.2, 0.25) is 5.02 Å². The van der Waals surface area contributed by atoms with Gasteiger partial charge in [-0.15, -0.1) is 5.10 Å². The number of rotatable bonds is 5. The SMILES string of the molecule is CC(Sc1nnnn1C(C)(C)C)C(=O)Nc1ccc([N+](=O)[O-])cc1Cl. The molecule has 1 atom stereocenters. The molecule has 1 unspecified atom stereocenters. The summed E-state index contributed by atoms with van der Waals surface area (Å²) in [7, 11) is 0. The van der Waals surface area contributed by atoms with Crippen molar-refractivity contribution < 1.29 is 9.72 Å². The quantitative estimate of drug-likeness (QED) is 0.478. The van der Waals surface area contributed by atoms with E-state index in [1.807, 2.05) is 20.8 Å². The first-order valence-corrected chi connectivity index (χ1v) is 8.55. The number of hydrogen-bond donors (Lipinski definition) is 1. The predicted molar refractivity (Wildman–Crippen MR) is 94.9 cm³/mol. The first-order chi connectivity index (χ1) is 11.6. The number of tetrazole rings is 1. The van der Waals surface area contributed by atoms with Crippen LogP contribution in [0.4, 0.5) is 11.4 Å². The summed E-state index contributed by atoms with van der Waals surface area (Å²) < 4.78 is 1.64. The number of thioether (sulfide) groups is 1. The van der Waals surface area contributed by atoms with E-state index in [-0.39, 0.29) is 22.2 Å². The summed E-state index contributed by atoms with van der Waals surface area (Å²) >= 11 is 7.20. The van der Waals surface area contributed by atoms with Crippen LogP contribution in [0.5, 0.6) is 0 Å². The van der Waals surface area contributed by atoms with Crippen LogP contribution in [-0.4, -0.2) is 36.3 Å². The van der Waals surface area contributed by atoms with Crippen molar-refractivity contribution >= 4 is 40.6 Å². The van der Waals surface area contributed by atoms with Crippen molar-refractivity contribution in [2.75, 3.05) is 5.32 Å². The van der Waals surface area contributed by atoms with Gasteiger partial charge in [0.2, 0.25) is 11.1 Å². The Morgan fingerprint density at radius 1 is 1.44 bits per heavy atom. The van der Waals surface area contributed by atoms with Gasteiger partial charge >= 0.3 is 0 Å². The van der Waals surface area contributed by atoms with Crippen LogP contribution < -0.4 is 5.32 Å². The summed E-state index contributed by atoms with van der Waals surface area (Å²) in [4.78, 5) is 22.5. The van der Waals surface area contributed by atoms with Crippen molar-refractivity contribution in [1.82, 2.24) is 20.2 Å². The molecule has 1 amide bonds. The number of nitrogens with zero attached hydrogens (tertiary/aromatic N) is 5. The van der Waals surface area contributed by atoms with Gasteiger partial charge in [-0.25, -0.2) is 4.68 Å². The minimum atomic E-state index is -0.553. The first-order valence-electron chi connectivity index (χ1n) is 7.30. The average Bonchev–Trinajstić information content (AvgIpc) is 2.97. The highest BCUT2D eigenvalue weighted by atomic mass is 35.5. The lowest BCUT2D eigenvalue weighted by molar-refractivity contribution is -0.384. The number of nitro groups is 1. The summed E-state index contributed by atoms with van der Waals surface area (Å²) in [5.41, 5.74) is -0.154. The van der Waals surface area contributed by atoms with Crippen LogP contribution in [0.15, 0.2) is 23.4 Å². The number of nitro benzene ring substituents is 1. The maximum absolute atomic E-state index is 12.4. The molecule has 0 spiro atoms. The molecule has 0 bridgehead atoms. The molecule has 0 saturated heterocycles. The van der Waals surface area contributed by atoms with Crippen LogP contribution in [0.3, 0.4) is 0 Å². The molecular weight excluding hydrogens is 368 g/mol. The summed E-state index contributed by atoms with van der Waals surface area (Å²) in [6, 6.07) is 3.86. The van der Waals surface area contributed by atoms with Gasteiger partial charge in [-0.05, 0) is 44.2 Å². The number of carbonyl (C=O) groups excluding carboxylic acids is 1. The van der Waals surface area contributed by atoms with Gasteiger partial charge in [0, 0.05) is 12.1 Å². The lowest BCUT2D eigenvalue weighted by Crippen LogP contribution is -2.27. The Morgan fingerprint density at radius 2 is 2.12 bits per heavy atom. The van der Waals surface area contributed by atoms with E-state index in [0.29, 0.717) is 10.8 Å². The summed E-state index contributed by atoms with van der Waals surface area (Å²) in [6.07, 6.45) is 0. The minimum Gasteiger partial charge on any atom is -0.324 e. The predicted octanol–water partition coefficient (Wildman–Crippen LogP) is 3.11. The van der Waals surface area contributed by atoms with Gasteiger partial charge < -0.3 is 5.32 Å². The van der Waals surface area contributed by atoms with Gasteiger partial charge in [-0.3, -0.25) is 14.9 Å². The molecule has 0 aliphatic rings. The molecule has 0 saturated carbocycles. The Hall–Kier alpha value is -2.20. The van der Waals surface area contributed by atoms with Gasteiger partial charge in [0.1, 0.15) is 0 Å². The molecule has 9 nitrogen and oxygen atoms in total. The van der Waals surface area contributed by atoms with Crippen molar-refractivity contribution in [3.63, 3.8) is 0 Å². The zero-order valence-corrected chi connectivity index (χ0v) is 15.6. The van der Waals surface area contributed by atoms with Crippen LogP contribution in [0.1, 0.15) is 27.7 Å². The molecule has 11 heteroatoms. The smallest absolute Gasteiger partial charge is 0.271 e. The molecule has 0 fully saturated rings. The maximum Gasteiger partial charge on any atom is 0.271 e. The number of anilines is 1. The van der Waals surface area contributed by atoms with Crippen molar-refractivity contribution in [3.8, 4) is 0 Å². The Labute approximate surface area is 153 Å². The van der Waals surface area contributed by atoms with E-state index < -0.39 is 10.2 Å². The molecule has 1 aromatic heterocycles. The fourth-order valence-electron chi connectivity index (χ4n) is 1.84. The van der Waals surface area contributed by atoms with Crippen LogP contribution >= 0.6 is 23.4 Å². The molecule has 0 aliphatic carbocycles. The Morgan fingerprint density at radius 3 is 2.68 bits per heavy atom.